The number of nitrogen functional groups attached to an aromatic ring is 2. The van der Waals surface area contributed by atoms with Gasteiger partial charge in [0.2, 0.25) is 0 Å². The smallest absolute Gasteiger partial charge is 0.146 e. The second kappa shape index (κ2) is 7.99. The van der Waals surface area contributed by atoms with Crippen molar-refractivity contribution in [3.8, 4) is 16.9 Å². The highest BCUT2D eigenvalue weighted by molar-refractivity contribution is 5.71. The first-order valence-corrected chi connectivity index (χ1v) is 8.27. The third-order valence-corrected chi connectivity index (χ3v) is 4.13. The van der Waals surface area contributed by atoms with E-state index in [1.54, 1.807) is 6.20 Å². The van der Waals surface area contributed by atoms with E-state index in [0.717, 1.165) is 56.1 Å². The van der Waals surface area contributed by atoms with Gasteiger partial charge < -0.3 is 20.9 Å². The number of morpholine rings is 1. The molecule has 1 aliphatic heterocycles. The first-order chi connectivity index (χ1) is 11.7. The van der Waals surface area contributed by atoms with Crippen molar-refractivity contribution in [2.24, 2.45) is 0 Å². The van der Waals surface area contributed by atoms with Crippen LogP contribution in [0.15, 0.2) is 36.5 Å². The summed E-state index contributed by atoms with van der Waals surface area (Å²) in [6.07, 6.45) is 2.74. The Hall–Kier alpha value is -2.31. The molecule has 0 spiro atoms. The topological polar surface area (TPSA) is 86.6 Å². The number of rotatable bonds is 6. The van der Waals surface area contributed by atoms with Gasteiger partial charge in [-0.15, -0.1) is 0 Å². The molecule has 1 aliphatic rings. The molecule has 0 unspecified atom stereocenters. The number of pyridine rings is 1. The number of ether oxygens (including phenoxy) is 2. The van der Waals surface area contributed by atoms with E-state index >= 15 is 0 Å². The SMILES string of the molecule is Nc1cc(-c2ccc(OCCCN3CCOCC3)cc2)cnc1N. The van der Waals surface area contributed by atoms with Crippen molar-refractivity contribution in [1.82, 2.24) is 9.88 Å². The number of benzene rings is 1. The maximum atomic E-state index is 5.81. The fraction of sp³-hybridized carbons (Fsp3) is 0.389. The summed E-state index contributed by atoms with van der Waals surface area (Å²) >= 11 is 0. The summed E-state index contributed by atoms with van der Waals surface area (Å²) in [7, 11) is 0. The van der Waals surface area contributed by atoms with Crippen molar-refractivity contribution in [3.63, 3.8) is 0 Å². The lowest BCUT2D eigenvalue weighted by atomic mass is 10.1. The van der Waals surface area contributed by atoms with Gasteiger partial charge in [0.05, 0.1) is 25.5 Å². The zero-order valence-corrected chi connectivity index (χ0v) is 13.8. The molecule has 0 saturated carbocycles. The molecule has 1 saturated heterocycles. The number of hydrogen-bond acceptors (Lipinski definition) is 6. The molecule has 0 radical (unpaired) electrons. The summed E-state index contributed by atoms with van der Waals surface area (Å²) in [5, 5.41) is 0. The average Bonchev–Trinajstić information content (AvgIpc) is 2.62. The van der Waals surface area contributed by atoms with Crippen LogP contribution in [-0.4, -0.2) is 49.3 Å². The van der Waals surface area contributed by atoms with Crippen LogP contribution in [0.4, 0.5) is 11.5 Å². The molecule has 6 heteroatoms. The zero-order chi connectivity index (χ0) is 16.8. The third-order valence-electron chi connectivity index (χ3n) is 4.13. The molecule has 1 aromatic heterocycles. The minimum Gasteiger partial charge on any atom is -0.494 e. The molecule has 6 nitrogen and oxygen atoms in total. The Labute approximate surface area is 142 Å². The average molecular weight is 328 g/mol. The van der Waals surface area contributed by atoms with Crippen molar-refractivity contribution in [2.75, 3.05) is 50.9 Å². The van der Waals surface area contributed by atoms with Gasteiger partial charge in [-0.1, -0.05) is 12.1 Å². The maximum absolute atomic E-state index is 5.81. The molecule has 0 amide bonds. The monoisotopic (exact) mass is 328 g/mol. The minimum absolute atomic E-state index is 0.360. The third kappa shape index (κ3) is 4.37. The Morgan fingerprint density at radius 3 is 2.54 bits per heavy atom. The molecule has 3 rings (SSSR count). The molecule has 2 aromatic rings. The number of aromatic nitrogens is 1. The van der Waals surface area contributed by atoms with Gasteiger partial charge in [0.1, 0.15) is 11.6 Å². The molecule has 1 fully saturated rings. The Kier molecular flexibility index (Phi) is 5.51. The second-order valence-electron chi connectivity index (χ2n) is 5.88. The zero-order valence-electron chi connectivity index (χ0n) is 13.8. The Bertz CT molecular complexity index is 655. The van der Waals surface area contributed by atoms with E-state index in [9.17, 15) is 0 Å². The summed E-state index contributed by atoms with van der Waals surface area (Å²) in [6, 6.07) is 9.78. The van der Waals surface area contributed by atoms with Crippen LogP contribution in [0.25, 0.3) is 11.1 Å². The fourth-order valence-electron chi connectivity index (χ4n) is 2.70. The first-order valence-electron chi connectivity index (χ1n) is 8.27. The second-order valence-corrected chi connectivity index (χ2v) is 5.88. The van der Waals surface area contributed by atoms with Crippen molar-refractivity contribution in [2.45, 2.75) is 6.42 Å². The molecule has 0 bridgehead atoms. The van der Waals surface area contributed by atoms with Crippen molar-refractivity contribution < 1.29 is 9.47 Å². The van der Waals surface area contributed by atoms with Crippen LogP contribution in [0, 0.1) is 0 Å². The molecule has 0 aliphatic carbocycles. The predicted molar refractivity (Wildman–Crippen MR) is 95.9 cm³/mol. The molecular weight excluding hydrogens is 304 g/mol. The van der Waals surface area contributed by atoms with E-state index in [0.29, 0.717) is 18.1 Å². The molecule has 0 atom stereocenters. The molecule has 24 heavy (non-hydrogen) atoms. The Morgan fingerprint density at radius 2 is 1.83 bits per heavy atom. The highest BCUT2D eigenvalue weighted by Gasteiger charge is 2.09. The normalized spacial score (nSPS) is 15.3. The number of nitrogens with two attached hydrogens (primary N) is 2. The molecule has 4 N–H and O–H groups in total. The van der Waals surface area contributed by atoms with Gasteiger partial charge in [0, 0.05) is 31.4 Å². The van der Waals surface area contributed by atoms with Gasteiger partial charge in [0.25, 0.3) is 0 Å². The van der Waals surface area contributed by atoms with Gasteiger partial charge in [-0.3, -0.25) is 4.90 Å². The quantitative estimate of drug-likeness (QED) is 0.789. The first kappa shape index (κ1) is 16.5. The van der Waals surface area contributed by atoms with Gasteiger partial charge in [-0.05, 0) is 30.2 Å². The number of anilines is 2. The van der Waals surface area contributed by atoms with Gasteiger partial charge in [0.15, 0.2) is 0 Å². The van der Waals surface area contributed by atoms with E-state index in [-0.39, 0.29) is 0 Å². The molecular formula is C18H24N4O2. The van der Waals surface area contributed by atoms with E-state index in [2.05, 4.69) is 9.88 Å². The van der Waals surface area contributed by atoms with Gasteiger partial charge >= 0.3 is 0 Å². The lowest BCUT2D eigenvalue weighted by molar-refractivity contribution is 0.0358. The van der Waals surface area contributed by atoms with Gasteiger partial charge in [-0.2, -0.15) is 0 Å². The molecule has 128 valence electrons. The fourth-order valence-corrected chi connectivity index (χ4v) is 2.70. The standard InChI is InChI=1S/C18H24N4O2/c19-17-12-15(13-21-18(17)20)14-2-4-16(5-3-14)24-9-1-6-22-7-10-23-11-8-22/h2-5,12-13H,1,6-11,19H2,(H2,20,21). The van der Waals surface area contributed by atoms with Crippen LogP contribution in [0.1, 0.15) is 6.42 Å². The van der Waals surface area contributed by atoms with E-state index in [1.165, 1.54) is 0 Å². The lowest BCUT2D eigenvalue weighted by Gasteiger charge is -2.26. The van der Waals surface area contributed by atoms with Crippen molar-refractivity contribution in [3.05, 3.63) is 36.5 Å². The van der Waals surface area contributed by atoms with Crippen LogP contribution in [0.3, 0.4) is 0 Å². The summed E-state index contributed by atoms with van der Waals surface area (Å²) in [5.74, 6) is 1.23. The van der Waals surface area contributed by atoms with E-state index in [4.69, 9.17) is 20.9 Å². The molecule has 1 aromatic carbocycles. The number of hydrogen-bond donors (Lipinski definition) is 2. The van der Waals surface area contributed by atoms with Crippen LogP contribution in [0.2, 0.25) is 0 Å². The maximum Gasteiger partial charge on any atom is 0.146 e. The van der Waals surface area contributed by atoms with Crippen LogP contribution < -0.4 is 16.2 Å². The van der Waals surface area contributed by atoms with Crippen molar-refractivity contribution >= 4 is 11.5 Å². The van der Waals surface area contributed by atoms with Crippen LogP contribution >= 0.6 is 0 Å². The summed E-state index contributed by atoms with van der Waals surface area (Å²) in [4.78, 5) is 6.50. The van der Waals surface area contributed by atoms with Gasteiger partial charge in [-0.25, -0.2) is 4.98 Å². The Balaban J connectivity index is 1.48. The highest BCUT2D eigenvalue weighted by Crippen LogP contribution is 2.25. The lowest BCUT2D eigenvalue weighted by Crippen LogP contribution is -2.37. The summed E-state index contributed by atoms with van der Waals surface area (Å²) < 4.78 is 11.2. The summed E-state index contributed by atoms with van der Waals surface area (Å²) in [5.41, 5.74) is 13.9. The predicted octanol–water partition coefficient (Wildman–Crippen LogP) is 2.01. The molecule has 2 heterocycles. The summed E-state index contributed by atoms with van der Waals surface area (Å²) in [6.45, 7) is 5.49. The van der Waals surface area contributed by atoms with Crippen LogP contribution in [0.5, 0.6) is 5.75 Å². The largest absolute Gasteiger partial charge is 0.494 e. The highest BCUT2D eigenvalue weighted by atomic mass is 16.5. The van der Waals surface area contributed by atoms with E-state index in [1.807, 2.05) is 30.3 Å². The van der Waals surface area contributed by atoms with E-state index < -0.39 is 0 Å². The van der Waals surface area contributed by atoms with Crippen LogP contribution in [-0.2, 0) is 4.74 Å². The van der Waals surface area contributed by atoms with Crippen molar-refractivity contribution in [1.29, 1.82) is 0 Å². The Morgan fingerprint density at radius 1 is 1.08 bits per heavy atom. The number of nitrogens with zero attached hydrogens (tertiary/aromatic N) is 2. The minimum atomic E-state index is 0.360.